The van der Waals surface area contributed by atoms with E-state index in [0.29, 0.717) is 35.8 Å². The van der Waals surface area contributed by atoms with Crippen molar-refractivity contribution in [2.45, 2.75) is 32.5 Å². The van der Waals surface area contributed by atoms with Gasteiger partial charge in [-0.25, -0.2) is 5.48 Å². The van der Waals surface area contributed by atoms with Crippen LogP contribution in [-0.2, 0) is 4.84 Å². The molecule has 0 radical (unpaired) electrons. The Morgan fingerprint density at radius 2 is 2.19 bits per heavy atom. The van der Waals surface area contributed by atoms with E-state index in [1.54, 1.807) is 13.8 Å². The van der Waals surface area contributed by atoms with Crippen LogP contribution in [0.4, 0.5) is 0 Å². The number of ether oxygens (including phenoxy) is 3. The zero-order chi connectivity index (χ0) is 15.0. The van der Waals surface area contributed by atoms with Crippen molar-refractivity contribution in [1.82, 2.24) is 5.48 Å². The van der Waals surface area contributed by atoms with Gasteiger partial charge in [0.1, 0.15) is 0 Å². The highest BCUT2D eigenvalue weighted by Gasteiger charge is 2.34. The summed E-state index contributed by atoms with van der Waals surface area (Å²) in [5.74, 6) is 0.781. The molecule has 0 bridgehead atoms. The monoisotopic (exact) mass is 295 g/mol. The van der Waals surface area contributed by atoms with Gasteiger partial charge in [-0.3, -0.25) is 9.63 Å². The maximum absolute atomic E-state index is 12.3. The van der Waals surface area contributed by atoms with Gasteiger partial charge in [-0.1, -0.05) is 0 Å². The Bertz CT molecular complexity index is 571. The predicted octanol–water partition coefficient (Wildman–Crippen LogP) is 1.30. The fraction of sp³-hybridized carbons (Fsp3) is 0.500. The molecule has 7 heteroatoms. The van der Waals surface area contributed by atoms with Crippen LogP contribution in [0.15, 0.2) is 6.07 Å². The van der Waals surface area contributed by atoms with Crippen molar-refractivity contribution in [3.8, 4) is 17.2 Å². The zero-order valence-electron chi connectivity index (χ0n) is 11.8. The Morgan fingerprint density at radius 3 is 2.95 bits per heavy atom. The standard InChI is InChI=1S/C14H17NO6/c1-7(2)21-15-14(17)8-5-10-12(20-6-19-10)13-11(8)9(16)3-4-18-13/h5,7,9,16H,3-4,6H2,1-2H3,(H,15,17)/t9-/m0/s1. The Labute approximate surface area is 121 Å². The number of benzene rings is 1. The highest BCUT2D eigenvalue weighted by Crippen LogP contribution is 2.49. The van der Waals surface area contributed by atoms with E-state index in [1.165, 1.54) is 6.07 Å². The first kappa shape index (κ1) is 14.0. The minimum atomic E-state index is -0.789. The van der Waals surface area contributed by atoms with Gasteiger partial charge >= 0.3 is 0 Å². The Balaban J connectivity index is 2.02. The molecule has 0 aromatic heterocycles. The lowest BCUT2D eigenvalue weighted by molar-refractivity contribution is -0.000237. The van der Waals surface area contributed by atoms with Crippen LogP contribution in [0.3, 0.4) is 0 Å². The van der Waals surface area contributed by atoms with Crippen LogP contribution in [0.25, 0.3) is 0 Å². The normalized spacial score (nSPS) is 19.1. The molecular formula is C14H17NO6. The number of rotatable bonds is 3. The molecule has 3 rings (SSSR count). The number of hydrogen-bond donors (Lipinski definition) is 2. The van der Waals surface area contributed by atoms with Gasteiger partial charge in [0.25, 0.3) is 5.91 Å². The lowest BCUT2D eigenvalue weighted by atomic mass is 9.96. The largest absolute Gasteiger partial charge is 0.489 e. The Morgan fingerprint density at radius 1 is 1.38 bits per heavy atom. The second kappa shape index (κ2) is 5.42. The summed E-state index contributed by atoms with van der Waals surface area (Å²) in [5, 5.41) is 10.2. The van der Waals surface area contributed by atoms with E-state index in [2.05, 4.69) is 5.48 Å². The van der Waals surface area contributed by atoms with E-state index in [4.69, 9.17) is 19.0 Å². The molecule has 0 fully saturated rings. The third kappa shape index (κ3) is 2.50. The van der Waals surface area contributed by atoms with E-state index >= 15 is 0 Å². The summed E-state index contributed by atoms with van der Waals surface area (Å²) in [4.78, 5) is 17.4. The molecule has 21 heavy (non-hydrogen) atoms. The molecule has 1 aromatic rings. The highest BCUT2D eigenvalue weighted by atomic mass is 16.7. The molecule has 2 N–H and O–H groups in total. The number of fused-ring (bicyclic) bond motifs is 3. The van der Waals surface area contributed by atoms with Crippen LogP contribution >= 0.6 is 0 Å². The van der Waals surface area contributed by atoms with E-state index in [0.717, 1.165) is 0 Å². The maximum atomic E-state index is 12.3. The van der Waals surface area contributed by atoms with Crippen LogP contribution in [-0.4, -0.2) is 30.5 Å². The molecule has 1 atom stereocenters. The maximum Gasteiger partial charge on any atom is 0.275 e. The first-order chi connectivity index (χ1) is 10.1. The molecule has 0 unspecified atom stereocenters. The molecule has 1 aromatic carbocycles. The molecule has 0 aliphatic carbocycles. The molecule has 2 aliphatic heterocycles. The number of hydrogen-bond acceptors (Lipinski definition) is 6. The van der Waals surface area contributed by atoms with Crippen molar-refractivity contribution in [3.63, 3.8) is 0 Å². The van der Waals surface area contributed by atoms with Gasteiger partial charge in [-0.15, -0.1) is 0 Å². The van der Waals surface area contributed by atoms with E-state index in [1.807, 2.05) is 0 Å². The third-order valence-corrected chi connectivity index (χ3v) is 3.26. The van der Waals surface area contributed by atoms with Crippen LogP contribution < -0.4 is 19.7 Å². The molecular weight excluding hydrogens is 278 g/mol. The van der Waals surface area contributed by atoms with Crippen molar-refractivity contribution in [1.29, 1.82) is 0 Å². The van der Waals surface area contributed by atoms with E-state index in [9.17, 15) is 9.90 Å². The summed E-state index contributed by atoms with van der Waals surface area (Å²) in [7, 11) is 0. The minimum Gasteiger partial charge on any atom is -0.489 e. The van der Waals surface area contributed by atoms with Crippen LogP contribution in [0.5, 0.6) is 17.2 Å². The molecule has 114 valence electrons. The summed E-state index contributed by atoms with van der Waals surface area (Å²) in [5.41, 5.74) is 3.04. The van der Waals surface area contributed by atoms with Crippen molar-refractivity contribution in [3.05, 3.63) is 17.2 Å². The van der Waals surface area contributed by atoms with Crippen molar-refractivity contribution in [2.75, 3.05) is 13.4 Å². The first-order valence-electron chi connectivity index (χ1n) is 6.81. The molecule has 0 spiro atoms. The van der Waals surface area contributed by atoms with Gasteiger partial charge in [0.05, 0.1) is 24.4 Å². The van der Waals surface area contributed by atoms with Crippen molar-refractivity contribution < 1.29 is 28.9 Å². The zero-order valence-corrected chi connectivity index (χ0v) is 11.8. The number of aliphatic hydroxyl groups excluding tert-OH is 1. The first-order valence-corrected chi connectivity index (χ1v) is 6.81. The number of carbonyl (C=O) groups excluding carboxylic acids is 1. The van der Waals surface area contributed by atoms with Crippen LogP contribution in [0, 0.1) is 0 Å². The van der Waals surface area contributed by atoms with Gasteiger partial charge in [-0.2, -0.15) is 0 Å². The van der Waals surface area contributed by atoms with Gasteiger partial charge in [0, 0.05) is 12.0 Å². The smallest absolute Gasteiger partial charge is 0.275 e. The van der Waals surface area contributed by atoms with Crippen LogP contribution in [0.1, 0.15) is 42.3 Å². The summed E-state index contributed by atoms with van der Waals surface area (Å²) >= 11 is 0. The molecule has 2 aliphatic rings. The molecule has 2 heterocycles. The number of carbonyl (C=O) groups is 1. The second-order valence-corrected chi connectivity index (χ2v) is 5.15. The lowest BCUT2D eigenvalue weighted by Gasteiger charge is -2.25. The number of aliphatic hydroxyl groups is 1. The van der Waals surface area contributed by atoms with Gasteiger partial charge < -0.3 is 19.3 Å². The second-order valence-electron chi connectivity index (χ2n) is 5.15. The highest BCUT2D eigenvalue weighted by molar-refractivity contribution is 5.97. The van der Waals surface area contributed by atoms with Gasteiger partial charge in [0.15, 0.2) is 11.5 Å². The molecule has 0 saturated carbocycles. The predicted molar refractivity (Wildman–Crippen MR) is 71.3 cm³/mol. The number of amides is 1. The Hall–Kier alpha value is -1.99. The molecule has 7 nitrogen and oxygen atoms in total. The number of nitrogens with one attached hydrogen (secondary N) is 1. The molecule has 1 amide bonds. The van der Waals surface area contributed by atoms with E-state index in [-0.39, 0.29) is 18.5 Å². The average Bonchev–Trinajstić information content (AvgIpc) is 2.92. The summed E-state index contributed by atoms with van der Waals surface area (Å²) in [6, 6.07) is 1.54. The summed E-state index contributed by atoms with van der Waals surface area (Å²) in [6.07, 6.45) is -0.527. The van der Waals surface area contributed by atoms with Crippen molar-refractivity contribution >= 4 is 5.91 Å². The van der Waals surface area contributed by atoms with Crippen molar-refractivity contribution in [2.24, 2.45) is 0 Å². The quantitative estimate of drug-likeness (QED) is 0.817. The topological polar surface area (TPSA) is 86.3 Å². The lowest BCUT2D eigenvalue weighted by Crippen LogP contribution is -2.29. The fourth-order valence-corrected chi connectivity index (χ4v) is 2.33. The minimum absolute atomic E-state index is 0.0643. The average molecular weight is 295 g/mol. The third-order valence-electron chi connectivity index (χ3n) is 3.26. The fourth-order valence-electron chi connectivity index (χ4n) is 2.33. The van der Waals surface area contributed by atoms with Gasteiger partial charge in [-0.05, 0) is 19.9 Å². The van der Waals surface area contributed by atoms with E-state index < -0.39 is 12.0 Å². The number of hydroxylamine groups is 1. The SMILES string of the molecule is CC(C)ONC(=O)c1cc2c(c3c1[C@@H](O)CCO3)OCO2. The Kier molecular flexibility index (Phi) is 3.60. The van der Waals surface area contributed by atoms with Gasteiger partial charge in [0.2, 0.25) is 12.5 Å². The summed E-state index contributed by atoms with van der Waals surface area (Å²) in [6.45, 7) is 4.02. The van der Waals surface area contributed by atoms with Crippen LogP contribution in [0.2, 0.25) is 0 Å². The summed E-state index contributed by atoms with van der Waals surface area (Å²) < 4.78 is 16.2. The molecule has 0 saturated heterocycles.